The molecule has 134 valence electrons. The van der Waals surface area contributed by atoms with Gasteiger partial charge in [0.05, 0.1) is 24.3 Å². The molecule has 0 radical (unpaired) electrons. The molecule has 0 aliphatic carbocycles. The maximum Gasteiger partial charge on any atom is 0.265 e. The molecule has 6 nitrogen and oxygen atoms in total. The Kier molecular flexibility index (Phi) is 5.61. The lowest BCUT2D eigenvalue weighted by atomic mass is 10.1. The minimum Gasteiger partial charge on any atom is -0.496 e. The van der Waals surface area contributed by atoms with Crippen molar-refractivity contribution in [3.05, 3.63) is 52.0 Å². The van der Waals surface area contributed by atoms with Crippen LogP contribution in [0.4, 0.5) is 5.13 Å². The van der Waals surface area contributed by atoms with E-state index in [-0.39, 0.29) is 5.56 Å². The Balaban J connectivity index is 1.86. The average molecular weight is 410 g/mol. The van der Waals surface area contributed by atoms with Gasteiger partial charge in [-0.3, -0.25) is 10.1 Å². The summed E-state index contributed by atoms with van der Waals surface area (Å²) in [6.07, 6.45) is 0. The third-order valence-corrected chi connectivity index (χ3v) is 5.09. The van der Waals surface area contributed by atoms with Gasteiger partial charge in [-0.25, -0.2) is 0 Å². The van der Waals surface area contributed by atoms with Crippen LogP contribution in [0.5, 0.6) is 11.5 Å². The highest BCUT2D eigenvalue weighted by molar-refractivity contribution is 7.18. The van der Waals surface area contributed by atoms with Crippen molar-refractivity contribution in [2.45, 2.75) is 0 Å². The van der Waals surface area contributed by atoms with Crippen molar-refractivity contribution >= 4 is 45.6 Å². The minimum atomic E-state index is -0.406. The second kappa shape index (κ2) is 7.90. The van der Waals surface area contributed by atoms with Crippen LogP contribution in [0, 0.1) is 0 Å². The van der Waals surface area contributed by atoms with Crippen LogP contribution in [0.2, 0.25) is 10.0 Å². The van der Waals surface area contributed by atoms with Gasteiger partial charge in [0.15, 0.2) is 0 Å². The molecule has 2 aromatic carbocycles. The first-order valence-electron chi connectivity index (χ1n) is 7.34. The third-order valence-electron chi connectivity index (χ3n) is 3.47. The molecule has 0 spiro atoms. The zero-order valence-electron chi connectivity index (χ0n) is 13.7. The standard InChI is InChI=1S/C17H13Cl2N3O3S/c1-24-12-4-3-5-13(25-2)14(12)15(23)20-17-22-21-16(26-17)9-6-7-10(18)11(19)8-9/h3-8H,1-2H3,(H,20,22,23). The molecule has 9 heteroatoms. The number of nitrogens with zero attached hydrogens (tertiary/aromatic N) is 2. The van der Waals surface area contributed by atoms with Crippen molar-refractivity contribution in [2.75, 3.05) is 19.5 Å². The molecule has 0 aliphatic rings. The molecule has 3 aromatic rings. The second-order valence-corrected chi connectivity index (χ2v) is 6.82. The number of carbonyl (C=O) groups excluding carboxylic acids is 1. The number of methoxy groups -OCH3 is 2. The minimum absolute atomic E-state index is 0.281. The summed E-state index contributed by atoms with van der Waals surface area (Å²) in [5.41, 5.74) is 1.04. The Morgan fingerprint density at radius 1 is 1.04 bits per heavy atom. The van der Waals surface area contributed by atoms with Crippen molar-refractivity contribution < 1.29 is 14.3 Å². The number of anilines is 1. The maximum atomic E-state index is 12.6. The maximum absolute atomic E-state index is 12.6. The van der Waals surface area contributed by atoms with E-state index in [9.17, 15) is 4.79 Å². The first-order valence-corrected chi connectivity index (χ1v) is 8.92. The van der Waals surface area contributed by atoms with E-state index in [1.807, 2.05) is 0 Å². The molecule has 3 rings (SSSR count). The van der Waals surface area contributed by atoms with Gasteiger partial charge in [-0.2, -0.15) is 0 Å². The molecule has 1 heterocycles. The Bertz CT molecular complexity index is 940. The number of halogens is 2. The molecule has 1 aromatic heterocycles. The summed E-state index contributed by atoms with van der Waals surface area (Å²) in [6, 6.07) is 10.3. The van der Waals surface area contributed by atoms with Gasteiger partial charge in [0.25, 0.3) is 5.91 Å². The molecular weight excluding hydrogens is 397 g/mol. The molecule has 0 fully saturated rings. The first kappa shape index (κ1) is 18.4. The Hall–Kier alpha value is -2.35. The number of carbonyl (C=O) groups is 1. The van der Waals surface area contributed by atoms with Gasteiger partial charge in [-0.05, 0) is 24.3 Å². The van der Waals surface area contributed by atoms with Crippen LogP contribution in [0.1, 0.15) is 10.4 Å². The molecule has 0 bridgehead atoms. The molecule has 1 amide bonds. The van der Waals surface area contributed by atoms with Crippen molar-refractivity contribution in [2.24, 2.45) is 0 Å². The predicted octanol–water partition coefficient (Wildman–Crippen LogP) is 4.78. The normalized spacial score (nSPS) is 10.5. The fraction of sp³-hybridized carbons (Fsp3) is 0.118. The van der Waals surface area contributed by atoms with E-state index < -0.39 is 5.91 Å². The zero-order valence-corrected chi connectivity index (χ0v) is 16.1. The highest BCUT2D eigenvalue weighted by Gasteiger charge is 2.20. The summed E-state index contributed by atoms with van der Waals surface area (Å²) in [5.74, 6) is 0.392. The van der Waals surface area contributed by atoms with Crippen LogP contribution in [-0.2, 0) is 0 Å². The van der Waals surface area contributed by atoms with Crippen LogP contribution in [-0.4, -0.2) is 30.3 Å². The molecule has 26 heavy (non-hydrogen) atoms. The van der Waals surface area contributed by atoms with E-state index >= 15 is 0 Å². The van der Waals surface area contributed by atoms with Gasteiger partial charge in [0.2, 0.25) is 5.13 Å². The number of rotatable bonds is 5. The lowest BCUT2D eigenvalue weighted by molar-refractivity contribution is 0.102. The predicted molar refractivity (Wildman–Crippen MR) is 103 cm³/mol. The lowest BCUT2D eigenvalue weighted by Gasteiger charge is -2.11. The highest BCUT2D eigenvalue weighted by Crippen LogP contribution is 2.33. The smallest absolute Gasteiger partial charge is 0.265 e. The molecule has 1 N–H and O–H groups in total. The van der Waals surface area contributed by atoms with Crippen LogP contribution < -0.4 is 14.8 Å². The van der Waals surface area contributed by atoms with E-state index in [0.717, 1.165) is 5.56 Å². The summed E-state index contributed by atoms with van der Waals surface area (Å²) in [6.45, 7) is 0. The topological polar surface area (TPSA) is 73.3 Å². The summed E-state index contributed by atoms with van der Waals surface area (Å²) >= 11 is 13.2. The number of amides is 1. The second-order valence-electron chi connectivity index (χ2n) is 5.03. The number of nitrogens with one attached hydrogen (secondary N) is 1. The first-order chi connectivity index (χ1) is 12.5. The summed E-state index contributed by atoms with van der Waals surface area (Å²) in [4.78, 5) is 12.6. The van der Waals surface area contributed by atoms with Gasteiger partial charge in [-0.15, -0.1) is 10.2 Å². The summed E-state index contributed by atoms with van der Waals surface area (Å²) in [5, 5.41) is 12.6. The summed E-state index contributed by atoms with van der Waals surface area (Å²) in [7, 11) is 2.97. The van der Waals surface area contributed by atoms with Gasteiger partial charge >= 0.3 is 0 Å². The van der Waals surface area contributed by atoms with E-state index in [1.54, 1.807) is 36.4 Å². The van der Waals surface area contributed by atoms with Gasteiger partial charge in [-0.1, -0.05) is 46.7 Å². The quantitative estimate of drug-likeness (QED) is 0.655. The third kappa shape index (κ3) is 3.75. The SMILES string of the molecule is COc1cccc(OC)c1C(=O)Nc1nnc(-c2ccc(Cl)c(Cl)c2)s1. The van der Waals surface area contributed by atoms with Crippen LogP contribution in [0.25, 0.3) is 10.6 Å². The van der Waals surface area contributed by atoms with Crippen LogP contribution in [0.3, 0.4) is 0 Å². The van der Waals surface area contributed by atoms with Gasteiger partial charge in [0.1, 0.15) is 22.1 Å². The number of benzene rings is 2. The van der Waals surface area contributed by atoms with E-state index in [4.69, 9.17) is 32.7 Å². The van der Waals surface area contributed by atoms with Gasteiger partial charge in [0, 0.05) is 5.56 Å². The Morgan fingerprint density at radius 2 is 1.73 bits per heavy atom. The van der Waals surface area contributed by atoms with Crippen molar-refractivity contribution in [3.8, 4) is 22.1 Å². The largest absolute Gasteiger partial charge is 0.496 e. The van der Waals surface area contributed by atoms with E-state index in [2.05, 4.69) is 15.5 Å². The number of aromatic nitrogens is 2. The van der Waals surface area contributed by atoms with Crippen LogP contribution >= 0.6 is 34.5 Å². The Labute approximate surface area is 163 Å². The number of hydrogen-bond acceptors (Lipinski definition) is 6. The molecule has 0 unspecified atom stereocenters. The fourth-order valence-electron chi connectivity index (χ4n) is 2.25. The number of hydrogen-bond donors (Lipinski definition) is 1. The summed E-state index contributed by atoms with van der Waals surface area (Å²) < 4.78 is 10.5. The molecule has 0 saturated carbocycles. The van der Waals surface area contributed by atoms with Crippen molar-refractivity contribution in [1.29, 1.82) is 0 Å². The highest BCUT2D eigenvalue weighted by atomic mass is 35.5. The Morgan fingerprint density at radius 3 is 2.35 bits per heavy atom. The lowest BCUT2D eigenvalue weighted by Crippen LogP contribution is -2.14. The van der Waals surface area contributed by atoms with Crippen LogP contribution in [0.15, 0.2) is 36.4 Å². The van der Waals surface area contributed by atoms with E-state index in [0.29, 0.717) is 31.7 Å². The monoisotopic (exact) mass is 409 g/mol. The fourth-order valence-corrected chi connectivity index (χ4v) is 3.29. The average Bonchev–Trinajstić information content (AvgIpc) is 3.11. The van der Waals surface area contributed by atoms with Crippen molar-refractivity contribution in [3.63, 3.8) is 0 Å². The molecule has 0 saturated heterocycles. The molecule has 0 atom stereocenters. The number of ether oxygens (including phenoxy) is 2. The van der Waals surface area contributed by atoms with Crippen molar-refractivity contribution in [1.82, 2.24) is 10.2 Å². The molecule has 0 aliphatic heterocycles. The van der Waals surface area contributed by atoms with E-state index in [1.165, 1.54) is 25.6 Å². The molecular formula is C17H13Cl2N3O3S. The van der Waals surface area contributed by atoms with Gasteiger partial charge < -0.3 is 9.47 Å². The zero-order chi connectivity index (χ0) is 18.7.